The van der Waals surface area contributed by atoms with Gasteiger partial charge in [-0.05, 0) is 70.6 Å². The maximum absolute atomic E-state index is 13.0. The van der Waals surface area contributed by atoms with Gasteiger partial charge in [0.25, 0.3) is 0 Å². The molecule has 1 saturated heterocycles. The van der Waals surface area contributed by atoms with Crippen molar-refractivity contribution >= 4 is 5.91 Å². The summed E-state index contributed by atoms with van der Waals surface area (Å²) in [6.45, 7) is 3.72. The number of hydrogen-bond donors (Lipinski definition) is 6. The molecule has 9 nitrogen and oxygen atoms in total. The van der Waals surface area contributed by atoms with E-state index in [0.29, 0.717) is 6.42 Å². The summed E-state index contributed by atoms with van der Waals surface area (Å²) in [5, 5.41) is 54.1. The first-order chi connectivity index (χ1) is 27.8. The van der Waals surface area contributed by atoms with Crippen LogP contribution in [0.5, 0.6) is 0 Å². The number of carbonyl (C=O) groups is 1. The summed E-state index contributed by atoms with van der Waals surface area (Å²) in [5.74, 6) is -0.197. The molecule has 57 heavy (non-hydrogen) atoms. The highest BCUT2D eigenvalue weighted by Gasteiger charge is 2.44. The fourth-order valence-corrected chi connectivity index (χ4v) is 7.06. The van der Waals surface area contributed by atoms with Gasteiger partial charge in [-0.25, -0.2) is 0 Å². The molecule has 0 radical (unpaired) electrons. The molecule has 332 valence electrons. The molecule has 9 heteroatoms. The number of hydrogen-bond acceptors (Lipinski definition) is 8. The second kappa shape index (κ2) is 38.4. The lowest BCUT2D eigenvalue weighted by Crippen LogP contribution is -2.60. The van der Waals surface area contributed by atoms with Gasteiger partial charge in [-0.3, -0.25) is 4.79 Å². The van der Waals surface area contributed by atoms with E-state index in [0.717, 1.165) is 64.2 Å². The van der Waals surface area contributed by atoms with E-state index in [2.05, 4.69) is 55.6 Å². The van der Waals surface area contributed by atoms with Crippen LogP contribution in [0.1, 0.15) is 194 Å². The van der Waals surface area contributed by atoms with E-state index in [-0.39, 0.29) is 12.5 Å². The fourth-order valence-electron chi connectivity index (χ4n) is 7.06. The number of unbranched alkanes of at least 4 members (excludes halogenated alkanes) is 22. The monoisotopic (exact) mass is 806 g/mol. The Labute approximate surface area is 348 Å². The lowest BCUT2D eigenvalue weighted by Gasteiger charge is -2.40. The van der Waals surface area contributed by atoms with Crippen molar-refractivity contribution in [3.63, 3.8) is 0 Å². The van der Waals surface area contributed by atoms with E-state index in [4.69, 9.17) is 9.47 Å². The third-order valence-electron chi connectivity index (χ3n) is 10.9. The normalized spacial score (nSPS) is 21.4. The molecular weight excluding hydrogens is 719 g/mol. The molecule has 1 aliphatic rings. The molecule has 6 N–H and O–H groups in total. The second-order valence-electron chi connectivity index (χ2n) is 16.2. The molecule has 1 amide bonds. The highest BCUT2D eigenvalue weighted by atomic mass is 16.7. The maximum atomic E-state index is 13.0. The number of aliphatic hydroxyl groups excluding tert-OH is 5. The quantitative estimate of drug-likeness (QED) is 0.0267. The Balaban J connectivity index is 2.36. The van der Waals surface area contributed by atoms with Crippen LogP contribution in [0.3, 0.4) is 0 Å². The predicted octanol–water partition coefficient (Wildman–Crippen LogP) is 9.84. The Kier molecular flexibility index (Phi) is 35.8. The number of rotatable bonds is 38. The topological polar surface area (TPSA) is 149 Å². The summed E-state index contributed by atoms with van der Waals surface area (Å²) in [6.07, 6.45) is 41.5. The van der Waals surface area contributed by atoms with Crippen molar-refractivity contribution in [1.29, 1.82) is 0 Å². The molecule has 0 saturated carbocycles. The molecule has 1 rings (SSSR count). The predicted molar refractivity (Wildman–Crippen MR) is 235 cm³/mol. The number of ether oxygens (including phenoxy) is 2. The molecule has 7 unspecified atom stereocenters. The summed E-state index contributed by atoms with van der Waals surface area (Å²) in [6, 6.07) is -0.829. The SMILES string of the molecule is CCCCCC/C=C/CC/C=C/CC/C=C/C(O)C(COC1OC(CO)C(O)C(O)C1O)NC(=O)CCCCCCCCC/C=C\CCCCCCCCCCC. The number of carbonyl (C=O) groups excluding carboxylic acids is 1. The van der Waals surface area contributed by atoms with Crippen molar-refractivity contribution < 1.29 is 39.8 Å². The smallest absolute Gasteiger partial charge is 0.220 e. The van der Waals surface area contributed by atoms with Gasteiger partial charge in [-0.15, -0.1) is 0 Å². The first kappa shape index (κ1) is 53.2. The van der Waals surface area contributed by atoms with Crippen LogP contribution in [0.25, 0.3) is 0 Å². The zero-order valence-corrected chi connectivity index (χ0v) is 36.3. The zero-order chi connectivity index (χ0) is 41.6. The minimum absolute atomic E-state index is 0.197. The number of aliphatic hydroxyl groups is 5. The van der Waals surface area contributed by atoms with Crippen molar-refractivity contribution in [3.8, 4) is 0 Å². The van der Waals surface area contributed by atoms with Crippen LogP contribution in [0, 0.1) is 0 Å². The van der Waals surface area contributed by atoms with Crippen molar-refractivity contribution in [2.24, 2.45) is 0 Å². The first-order valence-corrected chi connectivity index (χ1v) is 23.4. The molecule has 0 aromatic heterocycles. The van der Waals surface area contributed by atoms with Gasteiger partial charge in [0.1, 0.15) is 24.4 Å². The van der Waals surface area contributed by atoms with Gasteiger partial charge in [0.2, 0.25) is 5.91 Å². The molecular formula is C48H87NO8. The Morgan fingerprint density at radius 2 is 1.00 bits per heavy atom. The summed E-state index contributed by atoms with van der Waals surface area (Å²) in [7, 11) is 0. The molecule has 0 aliphatic carbocycles. The lowest BCUT2D eigenvalue weighted by molar-refractivity contribution is -0.302. The van der Waals surface area contributed by atoms with E-state index in [1.807, 2.05) is 6.08 Å². The molecule has 0 aromatic rings. The van der Waals surface area contributed by atoms with Crippen LogP contribution in [-0.4, -0.2) is 87.5 Å². The van der Waals surface area contributed by atoms with Crippen molar-refractivity contribution in [1.82, 2.24) is 5.32 Å². The molecule has 1 heterocycles. The van der Waals surface area contributed by atoms with E-state index < -0.39 is 49.5 Å². The number of allylic oxidation sites excluding steroid dienone is 7. The summed E-state index contributed by atoms with van der Waals surface area (Å²) in [5.41, 5.74) is 0. The molecule has 7 atom stereocenters. The van der Waals surface area contributed by atoms with Gasteiger partial charge in [-0.2, -0.15) is 0 Å². The van der Waals surface area contributed by atoms with Crippen molar-refractivity contribution in [2.75, 3.05) is 13.2 Å². The second-order valence-corrected chi connectivity index (χ2v) is 16.2. The fraction of sp³-hybridized carbons (Fsp3) is 0.812. The zero-order valence-electron chi connectivity index (χ0n) is 36.3. The van der Waals surface area contributed by atoms with E-state index in [1.54, 1.807) is 6.08 Å². The molecule has 0 spiro atoms. The lowest BCUT2D eigenvalue weighted by atomic mass is 9.99. The van der Waals surface area contributed by atoms with Gasteiger partial charge in [-0.1, -0.05) is 165 Å². The van der Waals surface area contributed by atoms with Crippen LogP contribution >= 0.6 is 0 Å². The Bertz CT molecular complexity index is 1030. The Hall–Kier alpha value is -1.85. The largest absolute Gasteiger partial charge is 0.394 e. The van der Waals surface area contributed by atoms with E-state index in [9.17, 15) is 30.3 Å². The van der Waals surface area contributed by atoms with Gasteiger partial charge < -0.3 is 40.3 Å². The van der Waals surface area contributed by atoms with Gasteiger partial charge >= 0.3 is 0 Å². The van der Waals surface area contributed by atoms with Crippen LogP contribution in [0.2, 0.25) is 0 Å². The third kappa shape index (κ3) is 29.1. The van der Waals surface area contributed by atoms with Crippen LogP contribution in [0.4, 0.5) is 0 Å². The highest BCUT2D eigenvalue weighted by molar-refractivity contribution is 5.76. The van der Waals surface area contributed by atoms with Crippen molar-refractivity contribution in [2.45, 2.75) is 236 Å². The molecule has 1 aliphatic heterocycles. The summed E-state index contributed by atoms with van der Waals surface area (Å²) in [4.78, 5) is 13.0. The van der Waals surface area contributed by atoms with Crippen LogP contribution in [-0.2, 0) is 14.3 Å². The van der Waals surface area contributed by atoms with Gasteiger partial charge in [0.15, 0.2) is 6.29 Å². The maximum Gasteiger partial charge on any atom is 0.220 e. The summed E-state index contributed by atoms with van der Waals surface area (Å²) >= 11 is 0. The van der Waals surface area contributed by atoms with Crippen LogP contribution < -0.4 is 5.32 Å². The van der Waals surface area contributed by atoms with Crippen LogP contribution in [0.15, 0.2) is 48.6 Å². The van der Waals surface area contributed by atoms with Gasteiger partial charge in [0.05, 0.1) is 25.4 Å². The number of nitrogens with one attached hydrogen (secondary N) is 1. The average Bonchev–Trinajstić information content (AvgIpc) is 3.21. The number of amides is 1. The first-order valence-electron chi connectivity index (χ1n) is 23.4. The Morgan fingerprint density at radius 3 is 1.49 bits per heavy atom. The molecule has 0 bridgehead atoms. The van der Waals surface area contributed by atoms with Gasteiger partial charge in [0, 0.05) is 6.42 Å². The van der Waals surface area contributed by atoms with E-state index in [1.165, 1.54) is 109 Å². The standard InChI is InChI=1S/C48H87NO8/c1-3-5-7-9-11-13-15-17-19-20-21-22-23-24-26-28-30-32-34-36-38-44(52)49-41(40-56-48-47(55)46(54)45(53)43(39-50)57-48)42(51)37-35-33-31-29-27-25-18-16-14-12-10-8-6-4-2/h14,16,21-22,27,29,35,37,41-43,45-48,50-51,53-55H,3-13,15,17-20,23-26,28,30-34,36,38-40H2,1-2H3,(H,49,52)/b16-14+,22-21-,29-27+,37-35+. The average molecular weight is 806 g/mol. The Morgan fingerprint density at radius 1 is 0.579 bits per heavy atom. The third-order valence-corrected chi connectivity index (χ3v) is 10.9. The minimum atomic E-state index is -1.57. The molecule has 1 fully saturated rings. The highest BCUT2D eigenvalue weighted by Crippen LogP contribution is 2.22. The minimum Gasteiger partial charge on any atom is -0.394 e. The van der Waals surface area contributed by atoms with E-state index >= 15 is 0 Å². The van der Waals surface area contributed by atoms with Crippen molar-refractivity contribution in [3.05, 3.63) is 48.6 Å². The summed E-state index contributed by atoms with van der Waals surface area (Å²) < 4.78 is 11.2. The molecule has 0 aromatic carbocycles.